The lowest BCUT2D eigenvalue weighted by Crippen LogP contribution is -2.14. The summed E-state index contributed by atoms with van der Waals surface area (Å²) in [4.78, 5) is 23.8. The van der Waals surface area contributed by atoms with Crippen molar-refractivity contribution in [3.05, 3.63) is 36.4 Å². The third-order valence-corrected chi connectivity index (χ3v) is 2.27. The van der Waals surface area contributed by atoms with E-state index in [2.05, 4.69) is 20.1 Å². The molecule has 88 valence electrons. The van der Waals surface area contributed by atoms with Crippen molar-refractivity contribution in [2.45, 2.75) is 26.3 Å². The highest BCUT2D eigenvalue weighted by Crippen LogP contribution is 2.07. The molecule has 0 atom stereocenters. The highest BCUT2D eigenvalue weighted by atomic mass is 16.1. The van der Waals surface area contributed by atoms with E-state index in [1.54, 1.807) is 23.1 Å². The van der Waals surface area contributed by atoms with E-state index in [4.69, 9.17) is 0 Å². The molecule has 0 saturated carbocycles. The van der Waals surface area contributed by atoms with Gasteiger partial charge in [0.05, 0.1) is 6.42 Å². The Labute approximate surface area is 98.7 Å². The number of carbonyl (C=O) groups excluding carboxylic acids is 1. The average molecular weight is 231 g/mol. The third kappa shape index (κ3) is 2.52. The fraction of sp³-hybridized carbons (Fsp3) is 0.364. The second kappa shape index (κ2) is 4.82. The number of nitrogens with zero attached hydrogens (tertiary/aromatic N) is 5. The predicted molar refractivity (Wildman–Crippen MR) is 60.5 cm³/mol. The van der Waals surface area contributed by atoms with Crippen LogP contribution in [0.5, 0.6) is 0 Å². The zero-order valence-corrected chi connectivity index (χ0v) is 9.74. The topological polar surface area (TPSA) is 73.6 Å². The largest absolute Gasteiger partial charge is 0.290 e. The first-order chi connectivity index (χ1) is 8.18. The molecule has 0 spiro atoms. The summed E-state index contributed by atoms with van der Waals surface area (Å²) in [5.41, 5.74) is 0. The Hall–Kier alpha value is -2.11. The normalized spacial score (nSPS) is 10.8. The molecular formula is C11H13N5O. The summed E-state index contributed by atoms with van der Waals surface area (Å²) < 4.78 is 1.72. The van der Waals surface area contributed by atoms with E-state index < -0.39 is 0 Å². The van der Waals surface area contributed by atoms with Gasteiger partial charge in [-0.1, -0.05) is 0 Å². The Morgan fingerprint density at radius 1 is 1.29 bits per heavy atom. The van der Waals surface area contributed by atoms with Crippen molar-refractivity contribution in [1.29, 1.82) is 0 Å². The summed E-state index contributed by atoms with van der Waals surface area (Å²) in [6.07, 6.45) is 4.72. The van der Waals surface area contributed by atoms with E-state index in [9.17, 15) is 4.79 Å². The van der Waals surface area contributed by atoms with Crippen LogP contribution in [0.2, 0.25) is 0 Å². The minimum atomic E-state index is -0.152. The molecular weight excluding hydrogens is 218 g/mol. The molecule has 0 unspecified atom stereocenters. The first kappa shape index (κ1) is 11.4. The lowest BCUT2D eigenvalue weighted by atomic mass is 10.2. The molecule has 6 nitrogen and oxygen atoms in total. The molecule has 0 bridgehead atoms. The molecule has 2 aromatic rings. The fourth-order valence-electron chi connectivity index (χ4n) is 1.50. The molecule has 0 N–H and O–H groups in total. The van der Waals surface area contributed by atoms with Gasteiger partial charge in [0.15, 0.2) is 5.82 Å². The van der Waals surface area contributed by atoms with E-state index in [0.29, 0.717) is 5.82 Å². The minimum absolute atomic E-state index is 0.152. The van der Waals surface area contributed by atoms with Gasteiger partial charge in [0.25, 0.3) is 0 Å². The third-order valence-electron chi connectivity index (χ3n) is 2.27. The summed E-state index contributed by atoms with van der Waals surface area (Å²) in [7, 11) is 0. The van der Waals surface area contributed by atoms with Gasteiger partial charge >= 0.3 is 0 Å². The monoisotopic (exact) mass is 231 g/mol. The lowest BCUT2D eigenvalue weighted by Gasteiger charge is -2.08. The van der Waals surface area contributed by atoms with Gasteiger partial charge < -0.3 is 0 Å². The molecule has 17 heavy (non-hydrogen) atoms. The maximum absolute atomic E-state index is 11.9. The minimum Gasteiger partial charge on any atom is -0.290 e. The average Bonchev–Trinajstić information content (AvgIpc) is 2.78. The molecule has 0 saturated heterocycles. The summed E-state index contributed by atoms with van der Waals surface area (Å²) in [6, 6.07) is 1.85. The summed E-state index contributed by atoms with van der Waals surface area (Å²) >= 11 is 0. The molecule has 0 amide bonds. The van der Waals surface area contributed by atoms with Crippen LogP contribution in [-0.4, -0.2) is 30.5 Å². The van der Waals surface area contributed by atoms with Gasteiger partial charge in [0.2, 0.25) is 5.78 Å². The zero-order valence-electron chi connectivity index (χ0n) is 9.74. The Kier molecular flexibility index (Phi) is 3.22. The molecule has 0 aliphatic carbocycles. The molecule has 0 fully saturated rings. The molecule has 0 radical (unpaired) electrons. The smallest absolute Gasteiger partial charge is 0.207 e. The second-order valence-corrected chi connectivity index (χ2v) is 3.89. The van der Waals surface area contributed by atoms with E-state index >= 15 is 0 Å². The highest BCUT2D eigenvalue weighted by Gasteiger charge is 2.15. The molecule has 2 aromatic heterocycles. The van der Waals surface area contributed by atoms with Gasteiger partial charge in [-0.2, -0.15) is 5.10 Å². The van der Waals surface area contributed by atoms with Crippen molar-refractivity contribution < 1.29 is 4.79 Å². The van der Waals surface area contributed by atoms with Crippen molar-refractivity contribution in [3.8, 4) is 0 Å². The van der Waals surface area contributed by atoms with Crippen molar-refractivity contribution in [2.24, 2.45) is 0 Å². The van der Waals surface area contributed by atoms with E-state index in [1.165, 1.54) is 6.33 Å². The number of hydrogen-bond donors (Lipinski definition) is 0. The first-order valence-electron chi connectivity index (χ1n) is 5.37. The maximum Gasteiger partial charge on any atom is 0.207 e. The van der Waals surface area contributed by atoms with Crippen molar-refractivity contribution >= 4 is 5.78 Å². The molecule has 0 aromatic carbocycles. The number of aromatic nitrogens is 5. The molecule has 0 aliphatic rings. The number of Topliss-reactive ketones (excluding diaryl/α,β-unsaturated/α-hetero) is 1. The van der Waals surface area contributed by atoms with Crippen LogP contribution in [-0.2, 0) is 6.42 Å². The second-order valence-electron chi connectivity index (χ2n) is 3.89. The number of rotatable bonds is 4. The van der Waals surface area contributed by atoms with Gasteiger partial charge in [-0.25, -0.2) is 19.6 Å². The number of ketones is 1. The highest BCUT2D eigenvalue weighted by molar-refractivity contribution is 5.93. The lowest BCUT2D eigenvalue weighted by molar-refractivity contribution is 0.0979. The van der Waals surface area contributed by atoms with Crippen molar-refractivity contribution in [3.63, 3.8) is 0 Å². The summed E-state index contributed by atoms with van der Waals surface area (Å²) in [5, 5.41) is 4.07. The predicted octanol–water partition coefficient (Wildman–Crippen LogP) is 1.07. The molecule has 6 heteroatoms. The van der Waals surface area contributed by atoms with Gasteiger partial charge in [-0.15, -0.1) is 0 Å². The van der Waals surface area contributed by atoms with Crippen LogP contribution in [0.4, 0.5) is 0 Å². The van der Waals surface area contributed by atoms with E-state index in [1.807, 2.05) is 13.8 Å². The van der Waals surface area contributed by atoms with E-state index in [-0.39, 0.29) is 24.1 Å². The Bertz CT molecular complexity index is 506. The first-order valence-corrected chi connectivity index (χ1v) is 5.37. The van der Waals surface area contributed by atoms with Gasteiger partial charge in [-0.05, 0) is 19.9 Å². The molecule has 2 heterocycles. The number of hydrogen-bond acceptors (Lipinski definition) is 5. The van der Waals surface area contributed by atoms with Gasteiger partial charge in [0.1, 0.15) is 12.2 Å². The van der Waals surface area contributed by atoms with Crippen LogP contribution >= 0.6 is 0 Å². The summed E-state index contributed by atoms with van der Waals surface area (Å²) in [5.74, 6) is 0.698. The summed E-state index contributed by atoms with van der Waals surface area (Å²) in [6.45, 7) is 3.98. The Balaban J connectivity index is 2.16. The molecule has 2 rings (SSSR count). The van der Waals surface area contributed by atoms with Crippen LogP contribution in [0.25, 0.3) is 0 Å². The Morgan fingerprint density at radius 3 is 2.65 bits per heavy atom. The van der Waals surface area contributed by atoms with Gasteiger partial charge in [0, 0.05) is 18.4 Å². The van der Waals surface area contributed by atoms with Crippen molar-refractivity contribution in [2.75, 3.05) is 0 Å². The Morgan fingerprint density at radius 2 is 2.00 bits per heavy atom. The van der Waals surface area contributed by atoms with Crippen molar-refractivity contribution in [1.82, 2.24) is 24.7 Å². The molecule has 0 aliphatic heterocycles. The number of carbonyl (C=O) groups is 1. The van der Waals surface area contributed by atoms with Crippen LogP contribution < -0.4 is 0 Å². The maximum atomic E-state index is 11.9. The zero-order chi connectivity index (χ0) is 12.3. The van der Waals surface area contributed by atoms with E-state index in [0.717, 1.165) is 0 Å². The van der Waals surface area contributed by atoms with Gasteiger partial charge in [-0.3, -0.25) is 4.79 Å². The SMILES string of the molecule is CC(C)n1ncnc1CC(=O)c1ncccn1. The fourth-order valence-corrected chi connectivity index (χ4v) is 1.50. The quantitative estimate of drug-likeness (QED) is 0.736. The van der Waals surface area contributed by atoms with Crippen LogP contribution in [0, 0.1) is 0 Å². The van der Waals surface area contributed by atoms with Crippen LogP contribution in [0.15, 0.2) is 24.8 Å². The van der Waals surface area contributed by atoms with Crippen LogP contribution in [0.1, 0.15) is 36.3 Å². The van der Waals surface area contributed by atoms with Crippen LogP contribution in [0.3, 0.4) is 0 Å². The standard InChI is InChI=1S/C11H13N5O/c1-8(2)16-10(14-7-15-16)6-9(17)11-12-4-3-5-13-11/h3-5,7-8H,6H2,1-2H3.